The topological polar surface area (TPSA) is 30.7 Å². The Morgan fingerprint density at radius 2 is 1.94 bits per heavy atom. The van der Waals surface area contributed by atoms with Gasteiger partial charge in [0.2, 0.25) is 5.28 Å². The summed E-state index contributed by atoms with van der Waals surface area (Å²) >= 11 is 18.0. The molecule has 1 heterocycles. The normalized spacial score (nSPS) is 10.8. The molecule has 0 amide bonds. The maximum absolute atomic E-state index is 6.15. The van der Waals surface area contributed by atoms with Crippen LogP contribution in [0.2, 0.25) is 15.3 Å². The molecule has 0 atom stereocenters. The van der Waals surface area contributed by atoms with Crippen LogP contribution in [-0.2, 0) is 6.42 Å². The van der Waals surface area contributed by atoms with E-state index in [-0.39, 0.29) is 0 Å². The van der Waals surface area contributed by atoms with Crippen LogP contribution in [0.1, 0.15) is 19.2 Å². The molecule has 6 heteroatoms. The lowest BCUT2D eigenvalue weighted by Crippen LogP contribution is -2.02. The molecule has 1 aromatic carbocycles. The second-order valence-electron chi connectivity index (χ2n) is 3.57. The van der Waals surface area contributed by atoms with E-state index in [1.807, 2.05) is 0 Å². The summed E-state index contributed by atoms with van der Waals surface area (Å²) < 4.78 is 1.74. The molecular formula is C11H10Cl3N3. The number of benzene rings is 1. The standard InChI is InChI=1S/C11H10Cl3N3/c1-2-3-10-15-16-11(14)17(10)9-5-4-7(12)6-8(9)13/h4-6H,2-3H2,1H3. The number of nitrogens with zero attached hydrogens (tertiary/aromatic N) is 3. The van der Waals surface area contributed by atoms with Gasteiger partial charge in [-0.1, -0.05) is 30.1 Å². The van der Waals surface area contributed by atoms with E-state index in [1.54, 1.807) is 22.8 Å². The maximum Gasteiger partial charge on any atom is 0.229 e. The molecule has 1 aromatic heterocycles. The van der Waals surface area contributed by atoms with Crippen molar-refractivity contribution < 1.29 is 0 Å². The quantitative estimate of drug-likeness (QED) is 0.849. The zero-order valence-corrected chi connectivity index (χ0v) is 11.4. The molecule has 2 rings (SSSR count). The van der Waals surface area contributed by atoms with Crippen molar-refractivity contribution in [3.05, 3.63) is 39.4 Å². The Morgan fingerprint density at radius 3 is 2.59 bits per heavy atom. The Morgan fingerprint density at radius 1 is 1.18 bits per heavy atom. The van der Waals surface area contributed by atoms with E-state index in [2.05, 4.69) is 17.1 Å². The maximum atomic E-state index is 6.15. The number of hydrogen-bond donors (Lipinski definition) is 0. The van der Waals surface area contributed by atoms with Crippen LogP contribution in [0.4, 0.5) is 0 Å². The van der Waals surface area contributed by atoms with Gasteiger partial charge < -0.3 is 0 Å². The van der Waals surface area contributed by atoms with E-state index in [0.717, 1.165) is 24.4 Å². The third-order valence-corrected chi connectivity index (χ3v) is 3.10. The fourth-order valence-electron chi connectivity index (χ4n) is 1.58. The molecule has 2 aromatic rings. The highest BCUT2D eigenvalue weighted by atomic mass is 35.5. The summed E-state index contributed by atoms with van der Waals surface area (Å²) in [7, 11) is 0. The predicted octanol–water partition coefficient (Wildman–Crippen LogP) is 4.18. The van der Waals surface area contributed by atoms with Crippen LogP contribution in [0.15, 0.2) is 18.2 Å². The highest BCUT2D eigenvalue weighted by Crippen LogP contribution is 2.27. The van der Waals surface area contributed by atoms with E-state index in [0.29, 0.717) is 15.3 Å². The van der Waals surface area contributed by atoms with Gasteiger partial charge in [-0.25, -0.2) is 0 Å². The summed E-state index contributed by atoms with van der Waals surface area (Å²) in [6.45, 7) is 2.07. The number of aromatic nitrogens is 3. The minimum absolute atomic E-state index is 0.303. The molecule has 0 saturated heterocycles. The van der Waals surface area contributed by atoms with Crippen molar-refractivity contribution in [3.63, 3.8) is 0 Å². The van der Waals surface area contributed by atoms with Crippen molar-refractivity contribution in [2.45, 2.75) is 19.8 Å². The molecule has 0 radical (unpaired) electrons. The molecule has 0 saturated carbocycles. The molecule has 0 N–H and O–H groups in total. The summed E-state index contributed by atoms with van der Waals surface area (Å²) in [5, 5.41) is 9.31. The minimum Gasteiger partial charge on any atom is -0.268 e. The lowest BCUT2D eigenvalue weighted by molar-refractivity contribution is 0.803. The first-order chi connectivity index (χ1) is 8.13. The summed E-state index contributed by atoms with van der Waals surface area (Å²) in [6, 6.07) is 5.23. The van der Waals surface area contributed by atoms with Crippen molar-refractivity contribution in [2.75, 3.05) is 0 Å². The van der Waals surface area contributed by atoms with Crippen molar-refractivity contribution in [1.82, 2.24) is 14.8 Å². The van der Waals surface area contributed by atoms with Crippen LogP contribution in [0, 0.1) is 0 Å². The van der Waals surface area contributed by atoms with E-state index >= 15 is 0 Å². The van der Waals surface area contributed by atoms with Crippen LogP contribution in [0.25, 0.3) is 5.69 Å². The number of rotatable bonds is 3. The van der Waals surface area contributed by atoms with Crippen molar-refractivity contribution in [2.24, 2.45) is 0 Å². The first kappa shape index (κ1) is 12.7. The zero-order chi connectivity index (χ0) is 12.4. The molecule has 0 aliphatic rings. The van der Waals surface area contributed by atoms with Crippen molar-refractivity contribution >= 4 is 34.8 Å². The van der Waals surface area contributed by atoms with Gasteiger partial charge in [0.1, 0.15) is 5.82 Å². The molecule has 0 spiro atoms. The van der Waals surface area contributed by atoms with Crippen molar-refractivity contribution in [3.8, 4) is 5.69 Å². The lowest BCUT2D eigenvalue weighted by Gasteiger charge is -2.09. The molecule has 3 nitrogen and oxygen atoms in total. The zero-order valence-electron chi connectivity index (χ0n) is 9.12. The van der Waals surface area contributed by atoms with Gasteiger partial charge in [-0.2, -0.15) is 0 Å². The first-order valence-corrected chi connectivity index (χ1v) is 6.32. The number of hydrogen-bond acceptors (Lipinski definition) is 2. The van der Waals surface area contributed by atoms with E-state index in [1.165, 1.54) is 0 Å². The van der Waals surface area contributed by atoms with Gasteiger partial charge >= 0.3 is 0 Å². The third-order valence-electron chi connectivity index (χ3n) is 2.31. The Kier molecular flexibility index (Phi) is 3.92. The van der Waals surface area contributed by atoms with Crippen LogP contribution in [0.3, 0.4) is 0 Å². The third kappa shape index (κ3) is 2.57. The molecule has 17 heavy (non-hydrogen) atoms. The second kappa shape index (κ2) is 5.25. The molecule has 0 aliphatic heterocycles. The summed E-state index contributed by atoms with van der Waals surface area (Å²) in [4.78, 5) is 0. The largest absolute Gasteiger partial charge is 0.268 e. The monoisotopic (exact) mass is 289 g/mol. The average molecular weight is 291 g/mol. The van der Waals surface area contributed by atoms with E-state index in [9.17, 15) is 0 Å². The smallest absolute Gasteiger partial charge is 0.229 e. The molecule has 0 aliphatic carbocycles. The first-order valence-electron chi connectivity index (χ1n) is 5.18. The lowest BCUT2D eigenvalue weighted by atomic mass is 10.3. The fraction of sp³-hybridized carbons (Fsp3) is 0.273. The van der Waals surface area contributed by atoms with Crippen LogP contribution in [-0.4, -0.2) is 14.8 Å². The minimum atomic E-state index is 0.303. The summed E-state index contributed by atoms with van der Waals surface area (Å²) in [5.41, 5.74) is 0.745. The van der Waals surface area contributed by atoms with Gasteiger partial charge in [0, 0.05) is 11.4 Å². The molecule has 0 fully saturated rings. The van der Waals surface area contributed by atoms with E-state index in [4.69, 9.17) is 34.8 Å². The molecule has 0 bridgehead atoms. The average Bonchev–Trinajstić information content (AvgIpc) is 2.62. The van der Waals surface area contributed by atoms with Crippen LogP contribution in [0.5, 0.6) is 0 Å². The van der Waals surface area contributed by atoms with Gasteiger partial charge in [0.25, 0.3) is 0 Å². The van der Waals surface area contributed by atoms with Gasteiger partial charge in [0.05, 0.1) is 10.7 Å². The predicted molar refractivity (Wildman–Crippen MR) is 70.4 cm³/mol. The van der Waals surface area contributed by atoms with Crippen LogP contribution >= 0.6 is 34.8 Å². The second-order valence-corrected chi connectivity index (χ2v) is 4.75. The summed E-state index contributed by atoms with van der Waals surface area (Å²) in [6.07, 6.45) is 1.75. The Labute approximate surface area is 114 Å². The van der Waals surface area contributed by atoms with Gasteiger partial charge in [-0.05, 0) is 36.2 Å². The Hall–Kier alpha value is -0.770. The van der Waals surface area contributed by atoms with Crippen LogP contribution < -0.4 is 0 Å². The Balaban J connectivity index is 2.55. The molecule has 90 valence electrons. The number of aryl methyl sites for hydroxylation is 1. The number of halogens is 3. The van der Waals surface area contributed by atoms with Gasteiger partial charge in [0.15, 0.2) is 0 Å². The van der Waals surface area contributed by atoms with Gasteiger partial charge in [-0.15, -0.1) is 10.2 Å². The summed E-state index contributed by atoms with van der Waals surface area (Å²) in [5.74, 6) is 0.793. The van der Waals surface area contributed by atoms with Gasteiger partial charge in [-0.3, -0.25) is 4.57 Å². The Bertz CT molecular complexity index is 537. The van der Waals surface area contributed by atoms with Crippen molar-refractivity contribution in [1.29, 1.82) is 0 Å². The highest BCUT2D eigenvalue weighted by Gasteiger charge is 2.14. The molecular weight excluding hydrogens is 281 g/mol. The molecule has 0 unspecified atom stereocenters. The SMILES string of the molecule is CCCc1nnc(Cl)n1-c1ccc(Cl)cc1Cl. The fourth-order valence-corrected chi connectivity index (χ4v) is 2.30. The highest BCUT2D eigenvalue weighted by molar-refractivity contribution is 6.36. The van der Waals surface area contributed by atoms with E-state index < -0.39 is 0 Å².